The molecule has 7 heteroatoms. The molecule has 0 spiro atoms. The first-order valence-corrected chi connectivity index (χ1v) is 7.85. The number of aromatic nitrogens is 2. The van der Waals surface area contributed by atoms with Crippen LogP contribution in [-0.4, -0.2) is 29.2 Å². The predicted molar refractivity (Wildman–Crippen MR) is 91.8 cm³/mol. The monoisotopic (exact) mass is 362 g/mol. The number of fused-ring (bicyclic) bond motifs is 1. The topological polar surface area (TPSA) is 61.3 Å². The van der Waals surface area contributed by atoms with Gasteiger partial charge in [0.15, 0.2) is 0 Å². The van der Waals surface area contributed by atoms with Crippen molar-refractivity contribution >= 4 is 40.2 Å². The van der Waals surface area contributed by atoms with Crippen molar-refractivity contribution in [3.05, 3.63) is 64.4 Å². The zero-order valence-corrected chi connectivity index (χ0v) is 13.9. The lowest BCUT2D eigenvalue weighted by molar-refractivity contribution is 0.0450. The highest BCUT2D eigenvalue weighted by Gasteiger charge is 2.09. The van der Waals surface area contributed by atoms with Crippen molar-refractivity contribution in [2.75, 3.05) is 13.2 Å². The van der Waals surface area contributed by atoms with Crippen molar-refractivity contribution in [3.63, 3.8) is 0 Å². The summed E-state index contributed by atoms with van der Waals surface area (Å²) in [6.45, 7) is 0.275. The zero-order valence-electron chi connectivity index (χ0n) is 12.4. The van der Waals surface area contributed by atoms with Gasteiger partial charge in [-0.3, -0.25) is 9.97 Å². The first-order chi connectivity index (χ1) is 11.6. The maximum atomic E-state index is 12.0. The van der Waals surface area contributed by atoms with Crippen LogP contribution in [0.2, 0.25) is 10.0 Å². The standard InChI is InChI=1S/C17H12Cl2N2O3/c18-12-2-4-16(13(19)10-12)23-7-8-24-17(22)11-1-3-14-15(9-11)21-6-5-20-14/h1-6,9-10H,7-8H2. The smallest absolute Gasteiger partial charge is 0.338 e. The van der Waals surface area contributed by atoms with E-state index in [0.717, 1.165) is 5.52 Å². The highest BCUT2D eigenvalue weighted by molar-refractivity contribution is 6.35. The summed E-state index contributed by atoms with van der Waals surface area (Å²) >= 11 is 11.8. The number of rotatable bonds is 5. The number of nitrogens with zero attached hydrogens (tertiary/aromatic N) is 2. The molecule has 0 N–H and O–H groups in total. The minimum Gasteiger partial charge on any atom is -0.488 e. The molecule has 1 heterocycles. The summed E-state index contributed by atoms with van der Waals surface area (Å²) in [6.07, 6.45) is 3.17. The van der Waals surface area contributed by atoms with Gasteiger partial charge >= 0.3 is 5.97 Å². The number of ether oxygens (including phenoxy) is 2. The van der Waals surface area contributed by atoms with E-state index in [1.165, 1.54) is 0 Å². The third kappa shape index (κ3) is 3.93. The molecule has 0 fully saturated rings. The van der Waals surface area contributed by atoms with Crippen molar-refractivity contribution in [2.24, 2.45) is 0 Å². The molecule has 122 valence electrons. The Morgan fingerprint density at radius 3 is 2.54 bits per heavy atom. The first-order valence-electron chi connectivity index (χ1n) is 7.09. The molecule has 2 aromatic carbocycles. The van der Waals surface area contributed by atoms with Gasteiger partial charge in [0.1, 0.15) is 19.0 Å². The minimum atomic E-state index is -0.451. The van der Waals surface area contributed by atoms with Crippen LogP contribution < -0.4 is 4.74 Å². The van der Waals surface area contributed by atoms with E-state index in [0.29, 0.717) is 26.9 Å². The molecule has 5 nitrogen and oxygen atoms in total. The predicted octanol–water partition coefficient (Wildman–Crippen LogP) is 4.17. The molecule has 24 heavy (non-hydrogen) atoms. The Morgan fingerprint density at radius 2 is 1.75 bits per heavy atom. The third-order valence-corrected chi connectivity index (χ3v) is 3.70. The molecular formula is C17H12Cl2N2O3. The molecule has 0 radical (unpaired) electrons. The van der Waals surface area contributed by atoms with E-state index in [1.54, 1.807) is 48.8 Å². The third-order valence-electron chi connectivity index (χ3n) is 3.17. The molecule has 0 atom stereocenters. The van der Waals surface area contributed by atoms with Crippen LogP contribution in [-0.2, 0) is 4.74 Å². The first kappa shape index (κ1) is 16.5. The summed E-state index contributed by atoms with van der Waals surface area (Å²) < 4.78 is 10.6. The lowest BCUT2D eigenvalue weighted by Gasteiger charge is -2.09. The van der Waals surface area contributed by atoms with Crippen LogP contribution in [0.25, 0.3) is 11.0 Å². The van der Waals surface area contributed by atoms with Crippen LogP contribution in [0.15, 0.2) is 48.8 Å². The molecule has 0 amide bonds. The lowest BCUT2D eigenvalue weighted by atomic mass is 10.2. The Labute approximate surface area is 148 Å². The van der Waals surface area contributed by atoms with E-state index in [2.05, 4.69) is 9.97 Å². The van der Waals surface area contributed by atoms with Crippen molar-refractivity contribution < 1.29 is 14.3 Å². The number of carbonyl (C=O) groups excluding carboxylic acids is 1. The van der Waals surface area contributed by atoms with E-state index in [-0.39, 0.29) is 13.2 Å². The van der Waals surface area contributed by atoms with Crippen LogP contribution in [0.3, 0.4) is 0 Å². The van der Waals surface area contributed by atoms with Gasteiger partial charge in [0.2, 0.25) is 0 Å². The van der Waals surface area contributed by atoms with Gasteiger partial charge in [-0.2, -0.15) is 0 Å². The summed E-state index contributed by atoms with van der Waals surface area (Å²) in [6, 6.07) is 9.93. The molecule has 0 saturated carbocycles. The van der Waals surface area contributed by atoms with Crippen LogP contribution in [0.5, 0.6) is 5.75 Å². The van der Waals surface area contributed by atoms with E-state index in [1.807, 2.05) is 0 Å². The van der Waals surface area contributed by atoms with Crippen LogP contribution in [0, 0.1) is 0 Å². The fourth-order valence-corrected chi connectivity index (χ4v) is 2.51. The van der Waals surface area contributed by atoms with Gasteiger partial charge in [-0.25, -0.2) is 4.79 Å². The minimum absolute atomic E-state index is 0.0935. The van der Waals surface area contributed by atoms with Crippen molar-refractivity contribution in [2.45, 2.75) is 0 Å². The summed E-state index contributed by atoms with van der Waals surface area (Å²) in [4.78, 5) is 20.3. The second-order valence-corrected chi connectivity index (χ2v) is 5.66. The molecule has 0 aliphatic heterocycles. The highest BCUT2D eigenvalue weighted by atomic mass is 35.5. The molecule has 1 aromatic heterocycles. The zero-order chi connectivity index (χ0) is 16.9. The molecule has 0 aliphatic rings. The average molecular weight is 363 g/mol. The number of esters is 1. The Morgan fingerprint density at radius 1 is 0.958 bits per heavy atom. The molecule has 0 unspecified atom stereocenters. The average Bonchev–Trinajstić information content (AvgIpc) is 2.59. The summed E-state index contributed by atoms with van der Waals surface area (Å²) in [7, 11) is 0. The fraction of sp³-hybridized carbons (Fsp3) is 0.118. The summed E-state index contributed by atoms with van der Waals surface area (Å²) in [5.41, 5.74) is 1.76. The molecule has 0 bridgehead atoms. The summed E-state index contributed by atoms with van der Waals surface area (Å²) in [5.74, 6) is 0.0338. The van der Waals surface area contributed by atoms with E-state index < -0.39 is 5.97 Å². The van der Waals surface area contributed by atoms with Gasteiger partial charge in [-0.15, -0.1) is 0 Å². The van der Waals surface area contributed by atoms with Gasteiger partial charge in [-0.1, -0.05) is 23.2 Å². The normalized spacial score (nSPS) is 10.6. The van der Waals surface area contributed by atoms with E-state index in [4.69, 9.17) is 32.7 Å². The van der Waals surface area contributed by atoms with Crippen LogP contribution >= 0.6 is 23.2 Å². The number of halogens is 2. The Kier molecular flexibility index (Phi) is 5.13. The van der Waals surface area contributed by atoms with Gasteiger partial charge in [0.25, 0.3) is 0 Å². The highest BCUT2D eigenvalue weighted by Crippen LogP contribution is 2.27. The van der Waals surface area contributed by atoms with Gasteiger partial charge in [0, 0.05) is 17.4 Å². The molecule has 0 saturated heterocycles. The number of hydrogen-bond donors (Lipinski definition) is 0. The number of carbonyl (C=O) groups is 1. The molecule has 3 aromatic rings. The summed E-state index contributed by atoms with van der Waals surface area (Å²) in [5, 5.41) is 0.931. The van der Waals surface area contributed by atoms with Gasteiger partial charge < -0.3 is 9.47 Å². The lowest BCUT2D eigenvalue weighted by Crippen LogP contribution is -2.12. The van der Waals surface area contributed by atoms with E-state index in [9.17, 15) is 4.79 Å². The van der Waals surface area contributed by atoms with Gasteiger partial charge in [0.05, 0.1) is 21.6 Å². The quantitative estimate of drug-likeness (QED) is 0.503. The maximum Gasteiger partial charge on any atom is 0.338 e. The largest absolute Gasteiger partial charge is 0.488 e. The second kappa shape index (κ2) is 7.47. The van der Waals surface area contributed by atoms with Crippen molar-refractivity contribution in [3.8, 4) is 5.75 Å². The Balaban J connectivity index is 1.55. The van der Waals surface area contributed by atoms with Crippen molar-refractivity contribution in [1.29, 1.82) is 0 Å². The molecule has 3 rings (SSSR count). The van der Waals surface area contributed by atoms with Crippen LogP contribution in [0.4, 0.5) is 0 Å². The van der Waals surface area contributed by atoms with Gasteiger partial charge in [-0.05, 0) is 36.4 Å². The Hall–Kier alpha value is -2.37. The maximum absolute atomic E-state index is 12.0. The van der Waals surface area contributed by atoms with Crippen LogP contribution in [0.1, 0.15) is 10.4 Å². The SMILES string of the molecule is O=C(OCCOc1ccc(Cl)cc1Cl)c1ccc2nccnc2c1. The Bertz CT molecular complexity index is 887. The number of hydrogen-bond acceptors (Lipinski definition) is 5. The molecule has 0 aliphatic carbocycles. The fourth-order valence-electron chi connectivity index (χ4n) is 2.05. The number of benzene rings is 2. The van der Waals surface area contributed by atoms with E-state index >= 15 is 0 Å². The molecular weight excluding hydrogens is 351 g/mol. The second-order valence-electron chi connectivity index (χ2n) is 4.82. The van der Waals surface area contributed by atoms with Crippen molar-refractivity contribution in [1.82, 2.24) is 9.97 Å².